The highest BCUT2D eigenvalue weighted by Gasteiger charge is 2.26. The molecule has 1 aliphatic heterocycles. The summed E-state index contributed by atoms with van der Waals surface area (Å²) in [5, 5.41) is 6.74. The molecule has 148 valence electrons. The molecule has 1 unspecified atom stereocenters. The normalized spacial score (nSPS) is 16.9. The van der Waals surface area contributed by atoms with Crippen molar-refractivity contribution in [3.05, 3.63) is 45.9 Å². The first kappa shape index (κ1) is 21.9. The predicted octanol–water partition coefficient (Wildman–Crippen LogP) is 4.29. The fourth-order valence-corrected chi connectivity index (χ4v) is 4.00. The number of guanidine groups is 1. The molecule has 5 nitrogen and oxygen atoms in total. The third kappa shape index (κ3) is 5.81. The molecule has 27 heavy (non-hydrogen) atoms. The fraction of sp³-hybridized carbons (Fsp3) is 0.500. The van der Waals surface area contributed by atoms with Gasteiger partial charge in [0.15, 0.2) is 5.96 Å². The molecule has 0 aliphatic carbocycles. The largest absolute Gasteiger partial charge is 0.497 e. The smallest absolute Gasteiger partial charge is 0.194 e. The van der Waals surface area contributed by atoms with Crippen LogP contribution in [-0.4, -0.2) is 42.6 Å². The summed E-state index contributed by atoms with van der Waals surface area (Å²) in [5.41, 5.74) is 2.43. The number of ether oxygens (including phenoxy) is 1. The highest BCUT2D eigenvalue weighted by atomic mass is 127. The van der Waals surface area contributed by atoms with E-state index in [9.17, 15) is 0 Å². The van der Waals surface area contributed by atoms with Crippen molar-refractivity contribution in [2.24, 2.45) is 4.99 Å². The molecule has 2 aromatic rings. The van der Waals surface area contributed by atoms with Gasteiger partial charge in [-0.1, -0.05) is 19.1 Å². The molecule has 2 heterocycles. The number of halogens is 1. The summed E-state index contributed by atoms with van der Waals surface area (Å²) < 4.78 is 5.26. The van der Waals surface area contributed by atoms with Crippen LogP contribution in [0.3, 0.4) is 0 Å². The average Bonchev–Trinajstić information content (AvgIpc) is 3.35. The molecule has 1 fully saturated rings. The van der Waals surface area contributed by atoms with Crippen molar-refractivity contribution in [2.75, 3.05) is 26.7 Å². The van der Waals surface area contributed by atoms with Gasteiger partial charge < -0.3 is 15.0 Å². The first-order valence-electron chi connectivity index (χ1n) is 9.34. The second-order valence-electron chi connectivity index (χ2n) is 6.46. The van der Waals surface area contributed by atoms with E-state index in [2.05, 4.69) is 46.6 Å². The number of aromatic nitrogens is 1. The zero-order chi connectivity index (χ0) is 18.4. The molecule has 1 saturated heterocycles. The van der Waals surface area contributed by atoms with E-state index in [4.69, 9.17) is 9.73 Å². The number of benzene rings is 1. The van der Waals surface area contributed by atoms with Crippen LogP contribution in [-0.2, 0) is 13.0 Å². The van der Waals surface area contributed by atoms with Gasteiger partial charge in [0.25, 0.3) is 0 Å². The fourth-order valence-electron chi connectivity index (χ4n) is 3.27. The van der Waals surface area contributed by atoms with E-state index in [1.807, 2.05) is 12.1 Å². The van der Waals surface area contributed by atoms with Crippen molar-refractivity contribution in [1.29, 1.82) is 0 Å². The standard InChI is InChI=1S/C20H28N4OS.HI/c1-4-19-23-17(14-26-19)12-22-20(21-5-2)24-11-10-16(13-24)15-6-8-18(25-3)9-7-15;/h6-9,14,16H,4-5,10-13H2,1-3H3,(H,21,22);1H. The monoisotopic (exact) mass is 500 g/mol. The van der Waals surface area contributed by atoms with Crippen molar-refractivity contribution >= 4 is 41.3 Å². The maximum Gasteiger partial charge on any atom is 0.194 e. The summed E-state index contributed by atoms with van der Waals surface area (Å²) in [6.45, 7) is 7.79. The summed E-state index contributed by atoms with van der Waals surface area (Å²) in [4.78, 5) is 11.8. The van der Waals surface area contributed by atoms with Crippen molar-refractivity contribution < 1.29 is 4.74 Å². The molecule has 3 rings (SSSR count). The van der Waals surface area contributed by atoms with E-state index >= 15 is 0 Å². The molecular weight excluding hydrogens is 471 g/mol. The summed E-state index contributed by atoms with van der Waals surface area (Å²) in [6.07, 6.45) is 2.14. The van der Waals surface area contributed by atoms with Crippen molar-refractivity contribution in [3.63, 3.8) is 0 Å². The number of rotatable bonds is 6. The lowest BCUT2D eigenvalue weighted by atomic mass is 9.98. The van der Waals surface area contributed by atoms with E-state index in [-0.39, 0.29) is 24.0 Å². The Bertz CT molecular complexity index is 732. The molecule has 1 aromatic heterocycles. The van der Waals surface area contributed by atoms with Crippen LogP contribution in [0, 0.1) is 0 Å². The maximum absolute atomic E-state index is 5.26. The van der Waals surface area contributed by atoms with E-state index in [0.717, 1.165) is 49.9 Å². The van der Waals surface area contributed by atoms with Crippen LogP contribution < -0.4 is 10.1 Å². The number of hydrogen-bond donors (Lipinski definition) is 1. The molecule has 0 bridgehead atoms. The molecule has 1 atom stereocenters. The predicted molar refractivity (Wildman–Crippen MR) is 124 cm³/mol. The Morgan fingerprint density at radius 2 is 2.11 bits per heavy atom. The first-order chi connectivity index (χ1) is 12.7. The van der Waals surface area contributed by atoms with E-state index in [0.29, 0.717) is 12.5 Å². The van der Waals surface area contributed by atoms with Gasteiger partial charge >= 0.3 is 0 Å². The van der Waals surface area contributed by atoms with Crippen LogP contribution in [0.15, 0.2) is 34.6 Å². The minimum absolute atomic E-state index is 0. The molecule has 1 N–H and O–H groups in total. The minimum Gasteiger partial charge on any atom is -0.497 e. The van der Waals surface area contributed by atoms with E-state index in [1.165, 1.54) is 10.6 Å². The lowest BCUT2D eigenvalue weighted by Crippen LogP contribution is -2.40. The molecule has 7 heteroatoms. The number of thiazole rings is 1. The van der Waals surface area contributed by atoms with Gasteiger partial charge in [0.05, 0.1) is 24.4 Å². The summed E-state index contributed by atoms with van der Waals surface area (Å²) in [5.74, 6) is 2.44. The van der Waals surface area contributed by atoms with Gasteiger partial charge in [-0.15, -0.1) is 35.3 Å². The molecule has 1 aliphatic rings. The zero-order valence-corrected chi connectivity index (χ0v) is 19.4. The lowest BCUT2D eigenvalue weighted by molar-refractivity contribution is 0.414. The Hall–Kier alpha value is -1.35. The second-order valence-corrected chi connectivity index (χ2v) is 7.40. The van der Waals surface area contributed by atoms with E-state index < -0.39 is 0 Å². The number of nitrogens with zero attached hydrogens (tertiary/aromatic N) is 3. The minimum atomic E-state index is 0. The van der Waals surface area contributed by atoms with Gasteiger partial charge in [-0.2, -0.15) is 0 Å². The van der Waals surface area contributed by atoms with Crippen LogP contribution in [0.4, 0.5) is 0 Å². The number of aryl methyl sites for hydroxylation is 1. The van der Waals surface area contributed by atoms with Gasteiger partial charge in [-0.3, -0.25) is 0 Å². The van der Waals surface area contributed by atoms with Crippen LogP contribution in [0.2, 0.25) is 0 Å². The average molecular weight is 500 g/mol. The third-order valence-corrected chi connectivity index (χ3v) is 5.74. The molecule has 0 spiro atoms. The molecule has 0 radical (unpaired) electrons. The highest BCUT2D eigenvalue weighted by Crippen LogP contribution is 2.28. The topological polar surface area (TPSA) is 49.8 Å². The summed E-state index contributed by atoms with van der Waals surface area (Å²) >= 11 is 1.72. The molecule has 1 aromatic carbocycles. The molecular formula is C20H29IN4OS. The summed E-state index contributed by atoms with van der Waals surface area (Å²) in [7, 11) is 1.71. The van der Waals surface area contributed by atoms with Crippen LogP contribution in [0.25, 0.3) is 0 Å². The number of likely N-dealkylation sites (tertiary alicyclic amines) is 1. The lowest BCUT2D eigenvalue weighted by Gasteiger charge is -2.21. The summed E-state index contributed by atoms with van der Waals surface area (Å²) in [6, 6.07) is 8.45. The van der Waals surface area contributed by atoms with E-state index in [1.54, 1.807) is 18.4 Å². The van der Waals surface area contributed by atoms with Crippen molar-refractivity contribution in [3.8, 4) is 5.75 Å². The molecule has 0 saturated carbocycles. The zero-order valence-electron chi connectivity index (χ0n) is 16.3. The van der Waals surface area contributed by atoms with Gasteiger partial charge in [-0.25, -0.2) is 9.98 Å². The Kier molecular flexibility index (Phi) is 8.82. The van der Waals surface area contributed by atoms with Gasteiger partial charge in [0.2, 0.25) is 0 Å². The number of hydrogen-bond acceptors (Lipinski definition) is 4. The van der Waals surface area contributed by atoms with Crippen LogP contribution in [0.1, 0.15) is 42.5 Å². The number of aliphatic imine (C=N–C) groups is 1. The number of methoxy groups -OCH3 is 1. The SMILES string of the molecule is CCNC(=NCc1csc(CC)n1)N1CCC(c2ccc(OC)cc2)C1.I. The second kappa shape index (κ2) is 10.8. The Balaban J connectivity index is 0.00000261. The Morgan fingerprint density at radius 3 is 2.74 bits per heavy atom. The first-order valence-corrected chi connectivity index (χ1v) is 10.2. The quantitative estimate of drug-likeness (QED) is 0.366. The van der Waals surface area contributed by atoms with Gasteiger partial charge in [-0.05, 0) is 37.5 Å². The molecule has 0 amide bonds. The van der Waals surface area contributed by atoms with Crippen LogP contribution >= 0.6 is 35.3 Å². The number of nitrogens with one attached hydrogen (secondary N) is 1. The Labute approximate surface area is 183 Å². The van der Waals surface area contributed by atoms with Crippen molar-refractivity contribution in [1.82, 2.24) is 15.2 Å². The third-order valence-electron chi connectivity index (χ3n) is 4.70. The van der Waals surface area contributed by atoms with Gasteiger partial charge in [0.1, 0.15) is 5.75 Å². The maximum atomic E-state index is 5.26. The van der Waals surface area contributed by atoms with Crippen LogP contribution in [0.5, 0.6) is 5.75 Å². The van der Waals surface area contributed by atoms with Crippen molar-refractivity contribution in [2.45, 2.75) is 39.2 Å². The Morgan fingerprint density at radius 1 is 1.33 bits per heavy atom. The highest BCUT2D eigenvalue weighted by molar-refractivity contribution is 14.0. The van der Waals surface area contributed by atoms with Gasteiger partial charge in [0, 0.05) is 30.9 Å².